The largest absolute Gasteiger partial charge is 0.469 e. The molecule has 1 atom stereocenters. The van der Waals surface area contributed by atoms with E-state index in [9.17, 15) is 13.2 Å². The number of carbonyl (C=O) groups is 1. The number of carbonyl (C=O) groups excluding carboxylic acids is 1. The average molecular weight is 398 g/mol. The molecule has 0 bridgehead atoms. The summed E-state index contributed by atoms with van der Waals surface area (Å²) in [7, 11) is -2.49. The lowest BCUT2D eigenvalue weighted by molar-refractivity contribution is -0.144. The number of rotatable bonds is 3. The molecule has 0 radical (unpaired) electrons. The van der Waals surface area contributed by atoms with Crippen LogP contribution in [0, 0.1) is 5.92 Å². The number of ether oxygens (including phenoxy) is 1. The second-order valence-electron chi connectivity index (χ2n) is 4.68. The summed E-state index contributed by atoms with van der Waals surface area (Å²) in [4.78, 5) is 11.5. The normalized spacial score (nSPS) is 19.7. The highest BCUT2D eigenvalue weighted by molar-refractivity contribution is 9.10. The molecule has 0 amide bonds. The third-order valence-electron chi connectivity index (χ3n) is 3.34. The number of esters is 1. The average Bonchev–Trinajstić information content (AvgIpc) is 2.92. The van der Waals surface area contributed by atoms with Gasteiger partial charge in [0.15, 0.2) is 0 Å². The van der Waals surface area contributed by atoms with Gasteiger partial charge >= 0.3 is 5.97 Å². The maximum Gasteiger partial charge on any atom is 0.310 e. The number of methoxy groups -OCH3 is 1. The highest BCUT2D eigenvalue weighted by Crippen LogP contribution is 2.35. The summed E-state index contributed by atoms with van der Waals surface area (Å²) in [5.41, 5.74) is 5.97. The van der Waals surface area contributed by atoms with E-state index < -0.39 is 21.9 Å². The van der Waals surface area contributed by atoms with Gasteiger partial charge in [0.25, 0.3) is 0 Å². The zero-order valence-electron chi connectivity index (χ0n) is 11.2. The summed E-state index contributed by atoms with van der Waals surface area (Å²) in [6.07, 6.45) is 0.430. The first-order valence-electron chi connectivity index (χ1n) is 6.10. The van der Waals surface area contributed by atoms with Gasteiger partial charge in [0.2, 0.25) is 10.0 Å². The Labute approximate surface area is 136 Å². The predicted molar refractivity (Wildman–Crippen MR) is 82.4 cm³/mol. The first-order chi connectivity index (χ1) is 9.77. The number of nitrogen functional groups attached to an aromatic ring is 1. The smallest absolute Gasteiger partial charge is 0.310 e. The number of nitrogens with zero attached hydrogens (tertiary/aromatic N) is 1. The van der Waals surface area contributed by atoms with Gasteiger partial charge in [0, 0.05) is 23.8 Å². The molecule has 1 saturated heterocycles. The molecule has 1 aromatic carbocycles. The maximum absolute atomic E-state index is 12.6. The van der Waals surface area contributed by atoms with Crippen LogP contribution in [0.3, 0.4) is 0 Å². The van der Waals surface area contributed by atoms with E-state index in [2.05, 4.69) is 20.7 Å². The van der Waals surface area contributed by atoms with Gasteiger partial charge in [-0.2, -0.15) is 4.31 Å². The number of hydrogen-bond donors (Lipinski definition) is 1. The molecule has 21 heavy (non-hydrogen) atoms. The minimum atomic E-state index is -3.77. The highest BCUT2D eigenvalue weighted by Gasteiger charge is 2.37. The lowest BCUT2D eigenvalue weighted by atomic mass is 10.1. The van der Waals surface area contributed by atoms with Crippen molar-refractivity contribution in [2.24, 2.45) is 5.92 Å². The Hall–Kier alpha value is -0.830. The van der Waals surface area contributed by atoms with E-state index in [0.717, 1.165) is 0 Å². The van der Waals surface area contributed by atoms with Crippen molar-refractivity contribution in [3.8, 4) is 0 Å². The molecule has 6 nitrogen and oxygen atoms in total. The summed E-state index contributed by atoms with van der Waals surface area (Å²) < 4.78 is 31.5. The van der Waals surface area contributed by atoms with E-state index in [1.165, 1.54) is 23.5 Å². The number of hydrogen-bond acceptors (Lipinski definition) is 5. The summed E-state index contributed by atoms with van der Waals surface area (Å²) in [5, 5.41) is 0.234. The van der Waals surface area contributed by atoms with E-state index >= 15 is 0 Å². The molecule has 0 saturated carbocycles. The molecule has 1 aliphatic rings. The zero-order valence-corrected chi connectivity index (χ0v) is 14.3. The molecule has 0 aliphatic carbocycles. The fraction of sp³-hybridized carbons (Fsp3) is 0.417. The molecule has 1 heterocycles. The number of halogens is 2. The van der Waals surface area contributed by atoms with Gasteiger partial charge in [0.05, 0.1) is 22.4 Å². The SMILES string of the molecule is COC(=O)C1CCN(S(=O)(=O)c2cc(Cl)cc(N)c2Br)C1. The maximum atomic E-state index is 12.6. The second kappa shape index (κ2) is 6.12. The van der Waals surface area contributed by atoms with E-state index in [1.807, 2.05) is 0 Å². The standard InChI is InChI=1S/C12H14BrClN2O4S/c1-20-12(17)7-2-3-16(6-7)21(18,19)10-5-8(14)4-9(15)11(10)13/h4-5,7H,2-3,6,15H2,1H3. The monoisotopic (exact) mass is 396 g/mol. The molecular weight excluding hydrogens is 384 g/mol. The third-order valence-corrected chi connectivity index (χ3v) is 6.59. The fourth-order valence-corrected chi connectivity index (χ4v) is 4.97. The summed E-state index contributed by atoms with van der Waals surface area (Å²) in [6, 6.07) is 2.80. The van der Waals surface area contributed by atoms with Crippen LogP contribution in [0.1, 0.15) is 6.42 Å². The molecule has 1 aliphatic heterocycles. The topological polar surface area (TPSA) is 89.7 Å². The van der Waals surface area contributed by atoms with Crippen molar-refractivity contribution in [3.63, 3.8) is 0 Å². The van der Waals surface area contributed by atoms with Crippen LogP contribution in [0.4, 0.5) is 5.69 Å². The molecule has 2 rings (SSSR count). The molecule has 9 heteroatoms. The molecular formula is C12H14BrClN2O4S. The van der Waals surface area contributed by atoms with Crippen molar-refractivity contribution in [2.75, 3.05) is 25.9 Å². The van der Waals surface area contributed by atoms with Crippen molar-refractivity contribution < 1.29 is 17.9 Å². The van der Waals surface area contributed by atoms with Crippen molar-refractivity contribution >= 4 is 49.2 Å². The van der Waals surface area contributed by atoms with Gasteiger partial charge in [-0.15, -0.1) is 0 Å². The minimum absolute atomic E-state index is 0.00184. The van der Waals surface area contributed by atoms with Crippen LogP contribution in [0.15, 0.2) is 21.5 Å². The Kier molecular flexibility index (Phi) is 4.82. The Morgan fingerprint density at radius 1 is 1.52 bits per heavy atom. The fourth-order valence-electron chi connectivity index (χ4n) is 2.22. The van der Waals surface area contributed by atoms with Gasteiger partial charge < -0.3 is 10.5 Å². The molecule has 1 unspecified atom stereocenters. The van der Waals surface area contributed by atoms with Crippen LogP contribution >= 0.6 is 27.5 Å². The number of benzene rings is 1. The molecule has 1 fully saturated rings. The lowest BCUT2D eigenvalue weighted by Crippen LogP contribution is -2.30. The Bertz CT molecular complexity index is 680. The number of anilines is 1. The summed E-state index contributed by atoms with van der Waals surface area (Å²) in [6.45, 7) is 0.342. The Morgan fingerprint density at radius 2 is 2.19 bits per heavy atom. The summed E-state index contributed by atoms with van der Waals surface area (Å²) >= 11 is 9.05. The van der Waals surface area contributed by atoms with Gasteiger partial charge in [-0.25, -0.2) is 8.42 Å². The van der Waals surface area contributed by atoms with Crippen LogP contribution in [-0.2, 0) is 19.6 Å². The van der Waals surface area contributed by atoms with E-state index in [0.29, 0.717) is 6.42 Å². The first-order valence-corrected chi connectivity index (χ1v) is 8.71. The van der Waals surface area contributed by atoms with Crippen molar-refractivity contribution in [3.05, 3.63) is 21.6 Å². The van der Waals surface area contributed by atoms with Gasteiger partial charge in [-0.1, -0.05) is 11.6 Å². The molecule has 1 aromatic rings. The van der Waals surface area contributed by atoms with Crippen LogP contribution in [0.2, 0.25) is 5.02 Å². The van der Waals surface area contributed by atoms with Gasteiger partial charge in [-0.05, 0) is 34.5 Å². The predicted octanol–water partition coefficient (Wildman–Crippen LogP) is 1.87. The van der Waals surface area contributed by atoms with E-state index in [-0.39, 0.29) is 33.2 Å². The summed E-state index contributed by atoms with van der Waals surface area (Å²) in [5.74, 6) is -0.850. The van der Waals surface area contributed by atoms with Crippen molar-refractivity contribution in [2.45, 2.75) is 11.3 Å². The van der Waals surface area contributed by atoms with Crippen LogP contribution in [0.5, 0.6) is 0 Å². The number of sulfonamides is 1. The van der Waals surface area contributed by atoms with Crippen molar-refractivity contribution in [1.29, 1.82) is 0 Å². The van der Waals surface area contributed by atoms with Crippen molar-refractivity contribution in [1.82, 2.24) is 4.31 Å². The van der Waals surface area contributed by atoms with Crippen LogP contribution < -0.4 is 5.73 Å². The van der Waals surface area contributed by atoms with Gasteiger partial charge in [-0.3, -0.25) is 4.79 Å². The highest BCUT2D eigenvalue weighted by atomic mass is 79.9. The minimum Gasteiger partial charge on any atom is -0.469 e. The first kappa shape index (κ1) is 16.5. The molecule has 116 valence electrons. The Morgan fingerprint density at radius 3 is 2.81 bits per heavy atom. The molecule has 0 spiro atoms. The molecule has 0 aromatic heterocycles. The molecule has 2 N–H and O–H groups in total. The Balaban J connectivity index is 2.34. The quantitative estimate of drug-likeness (QED) is 0.621. The van der Waals surface area contributed by atoms with Gasteiger partial charge in [0.1, 0.15) is 0 Å². The van der Waals surface area contributed by atoms with E-state index in [1.54, 1.807) is 0 Å². The number of nitrogens with two attached hydrogens (primary N) is 1. The van der Waals surface area contributed by atoms with Crippen LogP contribution in [-0.4, -0.2) is 38.9 Å². The van der Waals surface area contributed by atoms with E-state index in [4.69, 9.17) is 17.3 Å². The second-order valence-corrected chi connectivity index (χ2v) is 7.81. The zero-order chi connectivity index (χ0) is 15.8. The van der Waals surface area contributed by atoms with Crippen LogP contribution in [0.25, 0.3) is 0 Å². The lowest BCUT2D eigenvalue weighted by Gasteiger charge is -2.18. The third kappa shape index (κ3) is 3.18.